The first-order chi connectivity index (χ1) is 7.79. The maximum absolute atomic E-state index is 6.24. The molecular formula is C12H18ClN3. The van der Waals surface area contributed by atoms with Crippen molar-refractivity contribution >= 4 is 11.6 Å². The van der Waals surface area contributed by atoms with E-state index in [0.717, 1.165) is 31.1 Å². The Kier molecular flexibility index (Phi) is 2.68. The molecule has 1 aliphatic heterocycles. The van der Waals surface area contributed by atoms with E-state index in [1.54, 1.807) is 0 Å². The Bertz CT molecular complexity index is 395. The van der Waals surface area contributed by atoms with E-state index >= 15 is 0 Å². The molecular weight excluding hydrogens is 222 g/mol. The summed E-state index contributed by atoms with van der Waals surface area (Å²) in [6.07, 6.45) is 5.99. The molecule has 3 nitrogen and oxygen atoms in total. The zero-order valence-corrected chi connectivity index (χ0v) is 10.2. The first-order valence-electron chi connectivity index (χ1n) is 6.24. The standard InChI is InChI=1S/C12H18ClN3/c13-11-10-7-8(3-5-14)4-6-16(10)12(15-11)9-1-2-9/h8-9H,1-7,14H2. The van der Waals surface area contributed by atoms with Gasteiger partial charge in [0.05, 0.1) is 5.69 Å². The van der Waals surface area contributed by atoms with Crippen LogP contribution in [-0.2, 0) is 13.0 Å². The molecule has 1 unspecified atom stereocenters. The summed E-state index contributed by atoms with van der Waals surface area (Å²) in [5.74, 6) is 2.64. The smallest absolute Gasteiger partial charge is 0.150 e. The van der Waals surface area contributed by atoms with Gasteiger partial charge in [-0.3, -0.25) is 0 Å². The fourth-order valence-corrected chi connectivity index (χ4v) is 3.01. The molecule has 4 heteroatoms. The van der Waals surface area contributed by atoms with E-state index in [9.17, 15) is 0 Å². The number of rotatable bonds is 3. The molecule has 0 spiro atoms. The summed E-state index contributed by atoms with van der Waals surface area (Å²) in [7, 11) is 0. The first-order valence-corrected chi connectivity index (χ1v) is 6.62. The second kappa shape index (κ2) is 4.04. The van der Waals surface area contributed by atoms with Crippen LogP contribution in [0, 0.1) is 5.92 Å². The average Bonchev–Trinajstić information content (AvgIpc) is 3.06. The molecule has 3 rings (SSSR count). The highest BCUT2D eigenvalue weighted by Gasteiger charge is 2.33. The third kappa shape index (κ3) is 1.76. The van der Waals surface area contributed by atoms with Crippen molar-refractivity contribution in [2.24, 2.45) is 11.7 Å². The Labute approximate surface area is 101 Å². The second-order valence-corrected chi connectivity index (χ2v) is 5.43. The zero-order valence-electron chi connectivity index (χ0n) is 9.45. The minimum absolute atomic E-state index is 0.692. The SMILES string of the molecule is NCCC1CCn2c(C3CC3)nc(Cl)c2C1. The van der Waals surface area contributed by atoms with Crippen molar-refractivity contribution in [1.29, 1.82) is 0 Å². The summed E-state index contributed by atoms with van der Waals surface area (Å²) in [6, 6.07) is 0. The number of fused-ring (bicyclic) bond motifs is 1. The van der Waals surface area contributed by atoms with E-state index in [-0.39, 0.29) is 0 Å². The highest BCUT2D eigenvalue weighted by atomic mass is 35.5. The lowest BCUT2D eigenvalue weighted by atomic mass is 9.93. The van der Waals surface area contributed by atoms with E-state index in [4.69, 9.17) is 17.3 Å². The summed E-state index contributed by atoms with van der Waals surface area (Å²) in [4.78, 5) is 4.55. The Hall–Kier alpha value is -0.540. The van der Waals surface area contributed by atoms with Crippen molar-refractivity contribution in [2.45, 2.75) is 44.6 Å². The molecule has 1 fully saturated rings. The minimum atomic E-state index is 0.692. The van der Waals surface area contributed by atoms with E-state index < -0.39 is 0 Å². The number of halogens is 1. The number of nitrogens with zero attached hydrogens (tertiary/aromatic N) is 2. The molecule has 0 radical (unpaired) electrons. The molecule has 0 aromatic carbocycles. The first kappa shape index (κ1) is 10.6. The number of hydrogen-bond donors (Lipinski definition) is 1. The van der Waals surface area contributed by atoms with Gasteiger partial charge in [0.1, 0.15) is 5.82 Å². The quantitative estimate of drug-likeness (QED) is 0.880. The van der Waals surface area contributed by atoms with Crippen LogP contribution in [0.5, 0.6) is 0 Å². The topological polar surface area (TPSA) is 43.8 Å². The fourth-order valence-electron chi connectivity index (χ4n) is 2.74. The molecule has 2 heterocycles. The van der Waals surface area contributed by atoms with Gasteiger partial charge in [-0.05, 0) is 44.6 Å². The number of nitrogens with two attached hydrogens (primary N) is 1. The van der Waals surface area contributed by atoms with Crippen LogP contribution in [0.3, 0.4) is 0 Å². The summed E-state index contributed by atoms with van der Waals surface area (Å²) < 4.78 is 2.37. The Morgan fingerprint density at radius 1 is 1.38 bits per heavy atom. The lowest BCUT2D eigenvalue weighted by Gasteiger charge is -2.24. The van der Waals surface area contributed by atoms with Gasteiger partial charge in [-0.25, -0.2) is 4.98 Å². The number of aromatic nitrogens is 2. The van der Waals surface area contributed by atoms with E-state index in [1.165, 1.54) is 30.8 Å². The second-order valence-electron chi connectivity index (χ2n) is 5.07. The summed E-state index contributed by atoms with van der Waals surface area (Å²) in [6.45, 7) is 1.87. The highest BCUT2D eigenvalue weighted by molar-refractivity contribution is 6.30. The summed E-state index contributed by atoms with van der Waals surface area (Å²) >= 11 is 6.24. The van der Waals surface area contributed by atoms with Crippen LogP contribution in [-0.4, -0.2) is 16.1 Å². The maximum atomic E-state index is 6.24. The average molecular weight is 240 g/mol. The monoisotopic (exact) mass is 239 g/mol. The van der Waals surface area contributed by atoms with Crippen LogP contribution >= 0.6 is 11.6 Å². The third-order valence-corrected chi connectivity index (χ3v) is 4.12. The molecule has 0 bridgehead atoms. The predicted octanol–water partition coefficient (Wildman–Crippen LogP) is 2.33. The number of hydrogen-bond acceptors (Lipinski definition) is 2. The van der Waals surface area contributed by atoms with E-state index in [2.05, 4.69) is 9.55 Å². The largest absolute Gasteiger partial charge is 0.330 e. The van der Waals surface area contributed by atoms with Crippen LogP contribution in [0.1, 0.15) is 43.1 Å². The lowest BCUT2D eigenvalue weighted by molar-refractivity contribution is 0.366. The lowest BCUT2D eigenvalue weighted by Crippen LogP contribution is -2.22. The van der Waals surface area contributed by atoms with Gasteiger partial charge in [0.2, 0.25) is 0 Å². The van der Waals surface area contributed by atoms with E-state index in [1.807, 2.05) is 0 Å². The van der Waals surface area contributed by atoms with Gasteiger partial charge in [0.15, 0.2) is 5.15 Å². The molecule has 16 heavy (non-hydrogen) atoms. The van der Waals surface area contributed by atoms with E-state index in [0.29, 0.717) is 11.8 Å². The molecule has 2 N–H and O–H groups in total. The predicted molar refractivity (Wildman–Crippen MR) is 64.7 cm³/mol. The fraction of sp³-hybridized carbons (Fsp3) is 0.750. The van der Waals surface area contributed by atoms with Gasteiger partial charge in [0, 0.05) is 12.5 Å². The highest BCUT2D eigenvalue weighted by Crippen LogP contribution is 2.42. The van der Waals surface area contributed by atoms with Gasteiger partial charge in [-0.1, -0.05) is 11.6 Å². The molecule has 0 amide bonds. The zero-order chi connectivity index (χ0) is 11.1. The molecule has 1 aromatic rings. The summed E-state index contributed by atoms with van der Waals surface area (Å²) in [5.41, 5.74) is 6.88. The van der Waals surface area contributed by atoms with Gasteiger partial charge >= 0.3 is 0 Å². The Morgan fingerprint density at radius 3 is 2.88 bits per heavy atom. The third-order valence-electron chi connectivity index (χ3n) is 3.81. The Balaban J connectivity index is 1.87. The molecule has 2 aliphatic rings. The van der Waals surface area contributed by atoms with Gasteiger partial charge < -0.3 is 10.3 Å². The van der Waals surface area contributed by atoms with Crippen molar-refractivity contribution in [3.8, 4) is 0 Å². The van der Waals surface area contributed by atoms with Gasteiger partial charge in [-0.2, -0.15) is 0 Å². The Morgan fingerprint density at radius 2 is 2.19 bits per heavy atom. The van der Waals surface area contributed by atoms with Crippen molar-refractivity contribution in [3.05, 3.63) is 16.7 Å². The van der Waals surface area contributed by atoms with Crippen LogP contribution in [0.25, 0.3) is 0 Å². The molecule has 1 atom stereocenters. The molecule has 88 valence electrons. The molecule has 1 aliphatic carbocycles. The van der Waals surface area contributed by atoms with Crippen molar-refractivity contribution < 1.29 is 0 Å². The van der Waals surface area contributed by atoms with Crippen LogP contribution in [0.2, 0.25) is 5.15 Å². The van der Waals surface area contributed by atoms with Gasteiger partial charge in [0.25, 0.3) is 0 Å². The molecule has 0 saturated heterocycles. The van der Waals surface area contributed by atoms with Gasteiger partial charge in [-0.15, -0.1) is 0 Å². The number of imidazole rings is 1. The minimum Gasteiger partial charge on any atom is -0.330 e. The van der Waals surface area contributed by atoms with Crippen LogP contribution in [0.4, 0.5) is 0 Å². The molecule has 1 aromatic heterocycles. The normalized spacial score (nSPS) is 24.5. The summed E-state index contributed by atoms with van der Waals surface area (Å²) in [5, 5.41) is 0.739. The molecule has 1 saturated carbocycles. The van der Waals surface area contributed by atoms with Crippen molar-refractivity contribution in [1.82, 2.24) is 9.55 Å². The van der Waals surface area contributed by atoms with Crippen molar-refractivity contribution in [2.75, 3.05) is 6.54 Å². The van der Waals surface area contributed by atoms with Crippen LogP contribution in [0.15, 0.2) is 0 Å². The maximum Gasteiger partial charge on any atom is 0.150 e. The van der Waals surface area contributed by atoms with Crippen molar-refractivity contribution in [3.63, 3.8) is 0 Å². The van der Waals surface area contributed by atoms with Crippen LogP contribution < -0.4 is 5.73 Å².